The number of hydrazone groups is 1. The largest absolute Gasteiger partial charge is 0.507 e. The van der Waals surface area contributed by atoms with Gasteiger partial charge in [-0.05, 0) is 60.4 Å². The number of amides is 1. The number of hydrogen-bond donors (Lipinski definition) is 2. The van der Waals surface area contributed by atoms with E-state index >= 15 is 0 Å². The lowest BCUT2D eigenvalue weighted by Crippen LogP contribution is -2.25. The first-order valence-corrected chi connectivity index (χ1v) is 10.3. The first kappa shape index (κ1) is 22.7. The number of nitrogens with zero attached hydrogens (tertiary/aromatic N) is 3. The van der Waals surface area contributed by atoms with Gasteiger partial charge in [0.05, 0.1) is 17.6 Å². The highest BCUT2D eigenvalue weighted by Gasteiger charge is 2.10. The zero-order chi connectivity index (χ0) is 22.9. The molecule has 164 valence electrons. The smallest absolute Gasteiger partial charge is 0.277 e. The van der Waals surface area contributed by atoms with Crippen LogP contribution < -0.4 is 10.2 Å². The number of hydrogen-bond acceptors (Lipinski definition) is 6. The highest BCUT2D eigenvalue weighted by atomic mass is 16.5. The second-order valence-corrected chi connectivity index (χ2v) is 7.56. The fourth-order valence-electron chi connectivity index (χ4n) is 2.91. The summed E-state index contributed by atoms with van der Waals surface area (Å²) < 4.78 is 5.70. The summed E-state index contributed by atoms with van der Waals surface area (Å²) in [6, 6.07) is 20.0. The molecule has 1 amide bonds. The van der Waals surface area contributed by atoms with Crippen molar-refractivity contribution < 1.29 is 14.6 Å². The van der Waals surface area contributed by atoms with Gasteiger partial charge in [0.25, 0.3) is 5.91 Å². The van der Waals surface area contributed by atoms with Crippen LogP contribution in [0.5, 0.6) is 11.5 Å². The Morgan fingerprint density at radius 3 is 2.53 bits per heavy atom. The quantitative estimate of drug-likeness (QED) is 0.270. The van der Waals surface area contributed by atoms with Crippen molar-refractivity contribution in [1.82, 2.24) is 5.43 Å². The van der Waals surface area contributed by atoms with E-state index in [-0.39, 0.29) is 18.3 Å². The Morgan fingerprint density at radius 1 is 1.03 bits per heavy atom. The van der Waals surface area contributed by atoms with Crippen molar-refractivity contribution >= 4 is 23.5 Å². The van der Waals surface area contributed by atoms with Gasteiger partial charge in [-0.1, -0.05) is 44.2 Å². The Hall–Kier alpha value is -4.00. The third kappa shape index (κ3) is 6.50. The summed E-state index contributed by atoms with van der Waals surface area (Å²) in [7, 11) is 0. The van der Waals surface area contributed by atoms with E-state index < -0.39 is 5.91 Å². The molecule has 0 saturated carbocycles. The first-order valence-electron chi connectivity index (χ1n) is 10.3. The summed E-state index contributed by atoms with van der Waals surface area (Å²) in [6.07, 6.45) is 1.35. The zero-order valence-electron chi connectivity index (χ0n) is 18.3. The first-order chi connectivity index (χ1) is 15.4. The summed E-state index contributed by atoms with van der Waals surface area (Å²) in [6.45, 7) is 5.95. The summed E-state index contributed by atoms with van der Waals surface area (Å²) in [5.41, 5.74) is 6.17. The normalized spacial score (nSPS) is 11.4. The lowest BCUT2D eigenvalue weighted by atomic mass is 10.0. The Kier molecular flexibility index (Phi) is 7.70. The van der Waals surface area contributed by atoms with Crippen molar-refractivity contribution in [2.45, 2.75) is 26.7 Å². The number of carbonyl (C=O) groups excluding carboxylic acids is 1. The molecule has 0 aliphatic carbocycles. The number of azo groups is 1. The fraction of sp³-hybridized carbons (Fsp3) is 0.200. The molecule has 3 aromatic rings. The summed E-state index contributed by atoms with van der Waals surface area (Å²) in [5.74, 6) is 0.574. The van der Waals surface area contributed by atoms with Gasteiger partial charge in [0.1, 0.15) is 11.5 Å². The third-order valence-electron chi connectivity index (χ3n) is 4.59. The maximum Gasteiger partial charge on any atom is 0.277 e. The summed E-state index contributed by atoms with van der Waals surface area (Å²) >= 11 is 0. The molecule has 0 atom stereocenters. The number of aryl methyl sites for hydroxylation is 1. The minimum absolute atomic E-state index is 0.0132. The van der Waals surface area contributed by atoms with Crippen molar-refractivity contribution in [3.63, 3.8) is 0 Å². The van der Waals surface area contributed by atoms with Crippen LogP contribution in [-0.2, 0) is 4.79 Å². The Morgan fingerprint density at radius 2 is 1.78 bits per heavy atom. The lowest BCUT2D eigenvalue weighted by Gasteiger charge is -2.14. The molecule has 0 aliphatic heterocycles. The fourth-order valence-corrected chi connectivity index (χ4v) is 2.91. The maximum atomic E-state index is 12.1. The predicted octanol–water partition coefficient (Wildman–Crippen LogP) is 5.77. The Bertz CT molecular complexity index is 1130. The van der Waals surface area contributed by atoms with Gasteiger partial charge in [-0.3, -0.25) is 4.79 Å². The molecule has 0 fully saturated rings. The molecule has 3 aromatic carbocycles. The van der Waals surface area contributed by atoms with Crippen molar-refractivity contribution in [2.75, 3.05) is 6.61 Å². The highest BCUT2D eigenvalue weighted by molar-refractivity contribution is 5.86. The molecular weight excluding hydrogens is 404 g/mol. The highest BCUT2D eigenvalue weighted by Crippen LogP contribution is 2.27. The molecule has 2 N–H and O–H groups in total. The molecule has 0 radical (unpaired) electrons. The van der Waals surface area contributed by atoms with Gasteiger partial charge in [0.15, 0.2) is 6.61 Å². The monoisotopic (exact) mass is 430 g/mol. The molecule has 0 unspecified atom stereocenters. The van der Waals surface area contributed by atoms with Gasteiger partial charge in [0, 0.05) is 5.56 Å². The van der Waals surface area contributed by atoms with Crippen LogP contribution >= 0.6 is 0 Å². The van der Waals surface area contributed by atoms with Gasteiger partial charge < -0.3 is 9.84 Å². The van der Waals surface area contributed by atoms with E-state index in [0.717, 1.165) is 16.8 Å². The van der Waals surface area contributed by atoms with E-state index in [4.69, 9.17) is 4.74 Å². The number of rotatable bonds is 8. The van der Waals surface area contributed by atoms with Crippen LogP contribution in [-0.4, -0.2) is 23.8 Å². The van der Waals surface area contributed by atoms with Gasteiger partial charge in [-0.2, -0.15) is 15.3 Å². The van der Waals surface area contributed by atoms with E-state index in [1.807, 2.05) is 55.5 Å². The lowest BCUT2D eigenvalue weighted by molar-refractivity contribution is -0.123. The molecule has 3 rings (SSSR count). The third-order valence-corrected chi connectivity index (χ3v) is 4.59. The average molecular weight is 431 g/mol. The van der Waals surface area contributed by atoms with Gasteiger partial charge in [0.2, 0.25) is 0 Å². The van der Waals surface area contributed by atoms with Crippen LogP contribution in [0.15, 0.2) is 82.1 Å². The minimum atomic E-state index is -0.406. The molecule has 0 bridgehead atoms. The number of aromatic hydroxyl groups is 1. The van der Waals surface area contributed by atoms with Crippen LogP contribution in [0.1, 0.15) is 36.5 Å². The van der Waals surface area contributed by atoms with Crippen LogP contribution in [0.25, 0.3) is 0 Å². The van der Waals surface area contributed by atoms with E-state index in [0.29, 0.717) is 17.0 Å². The number of nitrogens with one attached hydrogen (secondary N) is 1. The number of benzene rings is 3. The van der Waals surface area contributed by atoms with Crippen LogP contribution in [0.2, 0.25) is 0 Å². The van der Waals surface area contributed by atoms with Crippen molar-refractivity contribution in [1.29, 1.82) is 0 Å². The van der Waals surface area contributed by atoms with E-state index in [2.05, 4.69) is 34.6 Å². The standard InChI is InChI=1S/C25H26N4O3/c1-17(2)22-11-9-18(3)13-24(22)32-16-25(31)29-26-15-19-14-21(10-12-23(19)30)28-27-20-7-5-4-6-8-20/h4-15,17,30H,16H2,1-3H3,(H,29,31). The molecule has 32 heavy (non-hydrogen) atoms. The molecular formula is C25H26N4O3. The minimum Gasteiger partial charge on any atom is -0.507 e. The predicted molar refractivity (Wildman–Crippen MR) is 125 cm³/mol. The zero-order valence-corrected chi connectivity index (χ0v) is 18.3. The molecule has 0 aliphatic rings. The number of ether oxygens (including phenoxy) is 1. The summed E-state index contributed by atoms with van der Waals surface area (Å²) in [4.78, 5) is 12.1. The second-order valence-electron chi connectivity index (χ2n) is 7.56. The van der Waals surface area contributed by atoms with Crippen LogP contribution in [0.3, 0.4) is 0 Å². The molecule has 0 spiro atoms. The second kappa shape index (κ2) is 10.9. The molecule has 0 aromatic heterocycles. The van der Waals surface area contributed by atoms with Crippen LogP contribution in [0, 0.1) is 6.92 Å². The molecule has 7 nitrogen and oxygen atoms in total. The SMILES string of the molecule is Cc1ccc(C(C)C)c(OCC(=O)NN=Cc2cc(N=Nc3ccccc3)ccc2O)c1. The molecule has 7 heteroatoms. The number of phenolic OH excluding ortho intramolecular Hbond substituents is 1. The van der Waals surface area contributed by atoms with Crippen LogP contribution in [0.4, 0.5) is 11.4 Å². The Balaban J connectivity index is 1.59. The topological polar surface area (TPSA) is 95.6 Å². The van der Waals surface area contributed by atoms with E-state index in [1.54, 1.807) is 12.1 Å². The molecule has 0 saturated heterocycles. The summed E-state index contributed by atoms with van der Waals surface area (Å²) in [5, 5.41) is 22.3. The van der Waals surface area contributed by atoms with Gasteiger partial charge >= 0.3 is 0 Å². The average Bonchev–Trinajstić information content (AvgIpc) is 2.78. The molecule has 0 heterocycles. The van der Waals surface area contributed by atoms with E-state index in [1.165, 1.54) is 12.3 Å². The van der Waals surface area contributed by atoms with Crippen molar-refractivity contribution in [3.8, 4) is 11.5 Å². The van der Waals surface area contributed by atoms with Crippen molar-refractivity contribution in [2.24, 2.45) is 15.3 Å². The number of carbonyl (C=O) groups is 1. The van der Waals surface area contributed by atoms with Gasteiger partial charge in [-0.15, -0.1) is 0 Å². The Labute approximate surface area is 187 Å². The van der Waals surface area contributed by atoms with E-state index in [9.17, 15) is 9.90 Å². The number of phenols is 1. The van der Waals surface area contributed by atoms with Crippen molar-refractivity contribution in [3.05, 3.63) is 83.4 Å². The maximum absolute atomic E-state index is 12.1. The van der Waals surface area contributed by atoms with Gasteiger partial charge in [-0.25, -0.2) is 5.43 Å².